The predicted octanol–water partition coefficient (Wildman–Crippen LogP) is 1.85. The molecule has 0 aliphatic rings. The third-order valence-electron chi connectivity index (χ3n) is 2.53. The number of pyridine rings is 1. The van der Waals surface area contributed by atoms with Crippen LogP contribution in [0, 0.1) is 6.92 Å². The van der Waals surface area contributed by atoms with Gasteiger partial charge in [0.2, 0.25) is 0 Å². The van der Waals surface area contributed by atoms with Gasteiger partial charge in [-0.1, -0.05) is 12.1 Å². The molecule has 0 spiro atoms. The molecule has 2 rings (SSSR count). The smallest absolute Gasteiger partial charge is 0.145 e. The van der Waals surface area contributed by atoms with Gasteiger partial charge in [0, 0.05) is 11.4 Å². The highest BCUT2D eigenvalue weighted by Crippen LogP contribution is 2.27. The van der Waals surface area contributed by atoms with E-state index in [4.69, 9.17) is 16.2 Å². The minimum atomic E-state index is -0.00703. The van der Waals surface area contributed by atoms with Crippen molar-refractivity contribution in [3.8, 4) is 5.75 Å². The highest BCUT2D eigenvalue weighted by Gasteiger charge is 2.07. The van der Waals surface area contributed by atoms with E-state index in [1.54, 1.807) is 0 Å². The molecule has 0 unspecified atom stereocenters. The van der Waals surface area contributed by atoms with Crippen LogP contribution in [0.15, 0.2) is 24.3 Å². The number of fused-ring (bicyclic) bond motifs is 1. The fourth-order valence-electron chi connectivity index (χ4n) is 1.75. The molecule has 0 saturated heterocycles. The van der Waals surface area contributed by atoms with Gasteiger partial charge >= 0.3 is 0 Å². The number of para-hydroxylation sites is 1. The largest absolute Gasteiger partial charge is 0.490 e. The minimum Gasteiger partial charge on any atom is -0.490 e. The van der Waals surface area contributed by atoms with E-state index in [-0.39, 0.29) is 6.04 Å². The molecule has 4 heteroatoms. The highest BCUT2D eigenvalue weighted by molar-refractivity contribution is 5.88. The molecule has 0 saturated carbocycles. The maximum Gasteiger partial charge on any atom is 0.145 e. The number of hydrogen-bond donors (Lipinski definition) is 2. The third kappa shape index (κ3) is 2.47. The summed E-state index contributed by atoms with van der Waals surface area (Å²) in [6, 6.07) is 7.70. The van der Waals surface area contributed by atoms with Crippen LogP contribution in [0.1, 0.15) is 12.5 Å². The summed E-state index contributed by atoms with van der Waals surface area (Å²) in [5, 5.41) is 1.06. The Balaban J connectivity index is 2.49. The van der Waals surface area contributed by atoms with Crippen LogP contribution in [0.2, 0.25) is 0 Å². The van der Waals surface area contributed by atoms with Crippen LogP contribution in [0.25, 0.3) is 10.9 Å². The van der Waals surface area contributed by atoms with E-state index in [9.17, 15) is 0 Å². The molecule has 0 aliphatic heterocycles. The summed E-state index contributed by atoms with van der Waals surface area (Å²) in [4.78, 5) is 4.33. The molecule has 4 N–H and O–H groups in total. The van der Waals surface area contributed by atoms with Crippen LogP contribution in [-0.4, -0.2) is 17.6 Å². The molecular weight excluding hydrogens is 214 g/mol. The first kappa shape index (κ1) is 11.7. The fraction of sp³-hybridized carbons (Fsp3) is 0.308. The van der Waals surface area contributed by atoms with Crippen LogP contribution in [0.3, 0.4) is 0 Å². The summed E-state index contributed by atoms with van der Waals surface area (Å²) in [5.41, 5.74) is 13.3. The van der Waals surface area contributed by atoms with E-state index in [1.165, 1.54) is 0 Å². The van der Waals surface area contributed by atoms with E-state index in [0.29, 0.717) is 12.4 Å². The number of ether oxygens (including phenoxy) is 1. The molecule has 1 aromatic carbocycles. The van der Waals surface area contributed by atoms with Crippen molar-refractivity contribution in [3.05, 3.63) is 29.8 Å². The zero-order valence-corrected chi connectivity index (χ0v) is 10.1. The van der Waals surface area contributed by atoms with Gasteiger partial charge < -0.3 is 16.2 Å². The van der Waals surface area contributed by atoms with E-state index in [1.807, 2.05) is 38.1 Å². The lowest BCUT2D eigenvalue weighted by atomic mass is 10.1. The maximum atomic E-state index is 5.76. The molecule has 2 aromatic rings. The number of rotatable bonds is 3. The zero-order valence-electron chi connectivity index (χ0n) is 10.1. The summed E-state index contributed by atoms with van der Waals surface area (Å²) >= 11 is 0. The van der Waals surface area contributed by atoms with Crippen molar-refractivity contribution in [2.45, 2.75) is 19.9 Å². The van der Waals surface area contributed by atoms with Crippen molar-refractivity contribution in [1.82, 2.24) is 4.98 Å². The molecule has 1 aromatic heterocycles. The Bertz CT molecular complexity index is 537. The molecule has 90 valence electrons. The van der Waals surface area contributed by atoms with Gasteiger partial charge in [-0.05, 0) is 31.5 Å². The van der Waals surface area contributed by atoms with Gasteiger partial charge in [0.1, 0.15) is 23.7 Å². The molecule has 1 atom stereocenters. The SMILES string of the molecule is Cc1cc(N)nc2c(OC[C@@H](C)N)cccc12. The van der Waals surface area contributed by atoms with E-state index in [0.717, 1.165) is 22.2 Å². The average molecular weight is 231 g/mol. The Morgan fingerprint density at radius 1 is 1.41 bits per heavy atom. The normalized spacial score (nSPS) is 12.6. The van der Waals surface area contributed by atoms with Gasteiger partial charge in [-0.25, -0.2) is 4.98 Å². The van der Waals surface area contributed by atoms with Crippen LogP contribution < -0.4 is 16.2 Å². The van der Waals surface area contributed by atoms with Crippen LogP contribution in [0.4, 0.5) is 5.82 Å². The van der Waals surface area contributed by atoms with Gasteiger partial charge in [0.25, 0.3) is 0 Å². The molecular formula is C13H17N3O. The number of nitrogens with zero attached hydrogens (tertiary/aromatic N) is 1. The molecule has 0 fully saturated rings. The first-order valence-corrected chi connectivity index (χ1v) is 5.62. The number of nitrogens with two attached hydrogens (primary N) is 2. The van der Waals surface area contributed by atoms with Crippen molar-refractivity contribution in [1.29, 1.82) is 0 Å². The standard InChI is InChI=1S/C13H17N3O/c1-8-6-12(15)16-13-10(8)4-3-5-11(13)17-7-9(2)14/h3-6,9H,7,14H2,1-2H3,(H2,15,16)/t9-/m1/s1. The van der Waals surface area contributed by atoms with E-state index in [2.05, 4.69) is 4.98 Å². The molecule has 0 amide bonds. The summed E-state index contributed by atoms with van der Waals surface area (Å²) in [5.74, 6) is 1.24. The van der Waals surface area contributed by atoms with Gasteiger partial charge in [-0.2, -0.15) is 0 Å². The number of nitrogen functional groups attached to an aromatic ring is 1. The van der Waals surface area contributed by atoms with Gasteiger partial charge in [0.05, 0.1) is 0 Å². The lowest BCUT2D eigenvalue weighted by Crippen LogP contribution is -2.23. The van der Waals surface area contributed by atoms with Crippen LogP contribution in [-0.2, 0) is 0 Å². The zero-order chi connectivity index (χ0) is 12.4. The minimum absolute atomic E-state index is 0.00703. The second-order valence-corrected chi connectivity index (χ2v) is 4.30. The Morgan fingerprint density at radius 3 is 2.88 bits per heavy atom. The summed E-state index contributed by atoms with van der Waals surface area (Å²) in [6.45, 7) is 4.38. The van der Waals surface area contributed by atoms with Crippen molar-refractivity contribution in [2.24, 2.45) is 5.73 Å². The number of anilines is 1. The van der Waals surface area contributed by atoms with Crippen LogP contribution in [0.5, 0.6) is 5.75 Å². The topological polar surface area (TPSA) is 74.2 Å². The Hall–Kier alpha value is -1.81. The van der Waals surface area contributed by atoms with Gasteiger partial charge in [-0.15, -0.1) is 0 Å². The number of aryl methyl sites for hydroxylation is 1. The Kier molecular flexibility index (Phi) is 3.15. The number of hydrogen-bond acceptors (Lipinski definition) is 4. The molecule has 0 radical (unpaired) electrons. The van der Waals surface area contributed by atoms with Crippen molar-refractivity contribution in [2.75, 3.05) is 12.3 Å². The van der Waals surface area contributed by atoms with Crippen molar-refractivity contribution >= 4 is 16.7 Å². The fourth-order valence-corrected chi connectivity index (χ4v) is 1.75. The Labute approximate surface area is 101 Å². The lowest BCUT2D eigenvalue weighted by molar-refractivity contribution is 0.299. The second-order valence-electron chi connectivity index (χ2n) is 4.30. The van der Waals surface area contributed by atoms with E-state index >= 15 is 0 Å². The van der Waals surface area contributed by atoms with E-state index < -0.39 is 0 Å². The maximum absolute atomic E-state index is 5.76. The molecule has 17 heavy (non-hydrogen) atoms. The van der Waals surface area contributed by atoms with Crippen molar-refractivity contribution < 1.29 is 4.74 Å². The number of benzene rings is 1. The third-order valence-corrected chi connectivity index (χ3v) is 2.53. The molecule has 1 heterocycles. The first-order valence-electron chi connectivity index (χ1n) is 5.62. The number of aromatic nitrogens is 1. The first-order chi connectivity index (χ1) is 8.08. The summed E-state index contributed by atoms with van der Waals surface area (Å²) in [6.07, 6.45) is 0. The summed E-state index contributed by atoms with van der Waals surface area (Å²) in [7, 11) is 0. The molecule has 0 bridgehead atoms. The quantitative estimate of drug-likeness (QED) is 0.845. The monoisotopic (exact) mass is 231 g/mol. The average Bonchev–Trinajstić information content (AvgIpc) is 2.26. The van der Waals surface area contributed by atoms with Crippen molar-refractivity contribution in [3.63, 3.8) is 0 Å². The molecule has 4 nitrogen and oxygen atoms in total. The lowest BCUT2D eigenvalue weighted by Gasteiger charge is -2.12. The molecule has 0 aliphatic carbocycles. The predicted molar refractivity (Wildman–Crippen MR) is 70.0 cm³/mol. The van der Waals surface area contributed by atoms with Gasteiger partial charge in [-0.3, -0.25) is 0 Å². The second kappa shape index (κ2) is 4.59. The summed E-state index contributed by atoms with van der Waals surface area (Å²) < 4.78 is 5.65. The Morgan fingerprint density at radius 2 is 2.18 bits per heavy atom. The highest BCUT2D eigenvalue weighted by atomic mass is 16.5. The van der Waals surface area contributed by atoms with Crippen LogP contribution >= 0.6 is 0 Å². The van der Waals surface area contributed by atoms with Gasteiger partial charge in [0.15, 0.2) is 0 Å².